The van der Waals surface area contributed by atoms with E-state index in [9.17, 15) is 0 Å². The van der Waals surface area contributed by atoms with Gasteiger partial charge < -0.3 is 5.32 Å². The molecule has 1 unspecified atom stereocenters. The highest BCUT2D eigenvalue weighted by Crippen LogP contribution is 2.35. The quantitative estimate of drug-likeness (QED) is 0.851. The van der Waals surface area contributed by atoms with E-state index < -0.39 is 0 Å². The molecule has 0 saturated carbocycles. The maximum absolute atomic E-state index is 4.88. The summed E-state index contributed by atoms with van der Waals surface area (Å²) in [6, 6.07) is 9.04. The van der Waals surface area contributed by atoms with Crippen LogP contribution >= 0.6 is 23.1 Å². The van der Waals surface area contributed by atoms with Gasteiger partial charge in [-0.3, -0.25) is 0 Å². The Morgan fingerprint density at radius 1 is 1.40 bits per heavy atom. The lowest BCUT2D eigenvalue weighted by molar-refractivity contribution is 0.489. The van der Waals surface area contributed by atoms with E-state index in [0.29, 0.717) is 6.04 Å². The summed E-state index contributed by atoms with van der Waals surface area (Å²) >= 11 is 3.81. The molecule has 1 N–H and O–H groups in total. The van der Waals surface area contributed by atoms with Crippen molar-refractivity contribution in [3.05, 3.63) is 45.4 Å². The van der Waals surface area contributed by atoms with Crippen molar-refractivity contribution in [2.45, 2.75) is 42.9 Å². The van der Waals surface area contributed by atoms with Crippen LogP contribution in [0.4, 0.5) is 0 Å². The van der Waals surface area contributed by atoms with Gasteiger partial charge in [0, 0.05) is 9.77 Å². The standard InChI is InChI=1S/C16H20N2S2/c1-11-6-3-4-8-13(11)19-10-15-18-16-12(17-2)7-5-9-14(16)20-15/h3-4,6,8,12,17H,5,7,9-10H2,1-2H3. The Hall–Kier alpha value is -0.840. The number of hydrogen-bond acceptors (Lipinski definition) is 4. The van der Waals surface area contributed by atoms with Gasteiger partial charge in [-0.1, -0.05) is 18.2 Å². The Labute approximate surface area is 129 Å². The maximum Gasteiger partial charge on any atom is 0.103 e. The molecule has 106 valence electrons. The van der Waals surface area contributed by atoms with E-state index in [0.717, 1.165) is 5.75 Å². The molecule has 1 atom stereocenters. The summed E-state index contributed by atoms with van der Waals surface area (Å²) in [7, 11) is 2.04. The Bertz CT molecular complexity index is 592. The highest BCUT2D eigenvalue weighted by atomic mass is 32.2. The second-order valence-electron chi connectivity index (χ2n) is 5.20. The van der Waals surface area contributed by atoms with Crippen LogP contribution in [0.2, 0.25) is 0 Å². The third kappa shape index (κ3) is 2.92. The molecule has 0 fully saturated rings. The van der Waals surface area contributed by atoms with Crippen molar-refractivity contribution in [2.75, 3.05) is 7.05 Å². The van der Waals surface area contributed by atoms with E-state index in [1.165, 1.54) is 45.3 Å². The number of benzene rings is 1. The van der Waals surface area contributed by atoms with Crippen LogP contribution in [0.25, 0.3) is 0 Å². The number of aryl methyl sites for hydroxylation is 2. The summed E-state index contributed by atoms with van der Waals surface area (Å²) in [4.78, 5) is 7.75. The molecule has 1 aromatic heterocycles. The number of rotatable bonds is 4. The number of aromatic nitrogens is 1. The van der Waals surface area contributed by atoms with Gasteiger partial charge in [0.05, 0.1) is 17.5 Å². The minimum Gasteiger partial charge on any atom is -0.312 e. The highest BCUT2D eigenvalue weighted by molar-refractivity contribution is 7.98. The van der Waals surface area contributed by atoms with Crippen molar-refractivity contribution in [1.82, 2.24) is 10.3 Å². The number of thioether (sulfide) groups is 1. The number of hydrogen-bond donors (Lipinski definition) is 1. The van der Waals surface area contributed by atoms with E-state index in [4.69, 9.17) is 4.98 Å². The molecule has 0 bridgehead atoms. The zero-order valence-electron chi connectivity index (χ0n) is 12.0. The minimum absolute atomic E-state index is 0.465. The molecular weight excluding hydrogens is 284 g/mol. The monoisotopic (exact) mass is 304 g/mol. The fraction of sp³-hybridized carbons (Fsp3) is 0.438. The molecule has 0 saturated heterocycles. The summed E-state index contributed by atoms with van der Waals surface area (Å²) in [5.74, 6) is 0.985. The van der Waals surface area contributed by atoms with Gasteiger partial charge in [0.15, 0.2) is 0 Å². The molecular formula is C16H20N2S2. The smallest absolute Gasteiger partial charge is 0.103 e. The van der Waals surface area contributed by atoms with Crippen molar-refractivity contribution in [3.63, 3.8) is 0 Å². The van der Waals surface area contributed by atoms with E-state index in [1.807, 2.05) is 30.1 Å². The molecule has 1 aliphatic rings. The van der Waals surface area contributed by atoms with Crippen LogP contribution < -0.4 is 5.32 Å². The molecule has 2 aromatic rings. The SMILES string of the molecule is CNC1CCCc2sc(CSc3ccccc3C)nc21. The fourth-order valence-electron chi connectivity index (χ4n) is 2.67. The molecule has 2 nitrogen and oxygen atoms in total. The van der Waals surface area contributed by atoms with Crippen molar-refractivity contribution in [1.29, 1.82) is 0 Å². The topological polar surface area (TPSA) is 24.9 Å². The number of nitrogens with one attached hydrogen (secondary N) is 1. The Balaban J connectivity index is 1.73. The highest BCUT2D eigenvalue weighted by Gasteiger charge is 2.23. The summed E-state index contributed by atoms with van der Waals surface area (Å²) in [5, 5.41) is 4.66. The van der Waals surface area contributed by atoms with Gasteiger partial charge in [-0.25, -0.2) is 4.98 Å². The van der Waals surface area contributed by atoms with Crippen LogP contribution in [0.5, 0.6) is 0 Å². The molecule has 3 rings (SSSR count). The molecule has 0 radical (unpaired) electrons. The van der Waals surface area contributed by atoms with Crippen molar-refractivity contribution >= 4 is 23.1 Å². The van der Waals surface area contributed by atoms with Crippen molar-refractivity contribution in [2.24, 2.45) is 0 Å². The molecule has 0 amide bonds. The Morgan fingerprint density at radius 3 is 3.05 bits per heavy atom. The number of thiazole rings is 1. The summed E-state index contributed by atoms with van der Waals surface area (Å²) < 4.78 is 0. The zero-order chi connectivity index (χ0) is 13.9. The average molecular weight is 304 g/mol. The molecule has 1 aliphatic carbocycles. The third-order valence-electron chi connectivity index (χ3n) is 3.79. The van der Waals surface area contributed by atoms with Gasteiger partial charge in [-0.05, 0) is 44.9 Å². The average Bonchev–Trinajstić information content (AvgIpc) is 2.89. The summed E-state index contributed by atoms with van der Waals surface area (Å²) in [6.07, 6.45) is 3.71. The number of fused-ring (bicyclic) bond motifs is 1. The number of nitrogens with zero attached hydrogens (tertiary/aromatic N) is 1. The van der Waals surface area contributed by atoms with Crippen molar-refractivity contribution < 1.29 is 0 Å². The second kappa shape index (κ2) is 6.29. The van der Waals surface area contributed by atoms with Crippen LogP contribution in [-0.2, 0) is 12.2 Å². The van der Waals surface area contributed by atoms with Gasteiger partial charge >= 0.3 is 0 Å². The second-order valence-corrected chi connectivity index (χ2v) is 7.39. The predicted octanol–water partition coefficient (Wildman–Crippen LogP) is 4.34. The molecule has 4 heteroatoms. The molecule has 1 aromatic carbocycles. The first-order valence-electron chi connectivity index (χ1n) is 7.12. The van der Waals surface area contributed by atoms with Gasteiger partial charge in [0.2, 0.25) is 0 Å². The van der Waals surface area contributed by atoms with E-state index in [1.54, 1.807) is 0 Å². The normalized spacial score (nSPS) is 18.0. The lowest BCUT2D eigenvalue weighted by atomic mass is 9.98. The minimum atomic E-state index is 0.465. The fourth-order valence-corrected chi connectivity index (χ4v) is 4.86. The molecule has 20 heavy (non-hydrogen) atoms. The summed E-state index contributed by atoms with van der Waals surface area (Å²) in [6.45, 7) is 2.17. The van der Waals surface area contributed by atoms with Crippen LogP contribution in [0.1, 0.15) is 40.0 Å². The van der Waals surface area contributed by atoms with E-state index >= 15 is 0 Å². The Morgan fingerprint density at radius 2 is 2.25 bits per heavy atom. The molecule has 1 heterocycles. The van der Waals surface area contributed by atoms with Crippen molar-refractivity contribution in [3.8, 4) is 0 Å². The molecule has 0 spiro atoms. The largest absolute Gasteiger partial charge is 0.312 e. The van der Waals surface area contributed by atoms with Crippen LogP contribution in [0.15, 0.2) is 29.2 Å². The lowest BCUT2D eigenvalue weighted by Crippen LogP contribution is -2.21. The Kier molecular flexibility index (Phi) is 4.44. The van der Waals surface area contributed by atoms with Gasteiger partial charge in [0.1, 0.15) is 5.01 Å². The zero-order valence-corrected chi connectivity index (χ0v) is 13.6. The van der Waals surface area contributed by atoms with Gasteiger partial charge in [0.25, 0.3) is 0 Å². The first-order chi connectivity index (χ1) is 9.78. The van der Waals surface area contributed by atoms with E-state index in [-0.39, 0.29) is 0 Å². The maximum atomic E-state index is 4.88. The predicted molar refractivity (Wildman–Crippen MR) is 87.6 cm³/mol. The first kappa shape index (κ1) is 14.1. The lowest BCUT2D eigenvalue weighted by Gasteiger charge is -2.19. The van der Waals surface area contributed by atoms with Crippen LogP contribution in [0, 0.1) is 6.92 Å². The summed E-state index contributed by atoms with van der Waals surface area (Å²) in [5.41, 5.74) is 2.66. The van der Waals surface area contributed by atoms with Gasteiger partial charge in [-0.2, -0.15) is 0 Å². The van der Waals surface area contributed by atoms with E-state index in [2.05, 4.69) is 36.5 Å². The van der Waals surface area contributed by atoms with Gasteiger partial charge in [-0.15, -0.1) is 23.1 Å². The first-order valence-corrected chi connectivity index (χ1v) is 8.92. The van der Waals surface area contributed by atoms with Crippen LogP contribution in [0.3, 0.4) is 0 Å². The third-order valence-corrected chi connectivity index (χ3v) is 6.29. The molecule has 0 aliphatic heterocycles. The van der Waals surface area contributed by atoms with Crippen LogP contribution in [-0.4, -0.2) is 12.0 Å².